The van der Waals surface area contributed by atoms with Crippen molar-refractivity contribution in [1.82, 2.24) is 0 Å². The van der Waals surface area contributed by atoms with E-state index in [-0.39, 0.29) is 5.92 Å². The Labute approximate surface area is 98.4 Å². The molecular weight excluding hydrogens is 206 g/mol. The van der Waals surface area contributed by atoms with E-state index in [9.17, 15) is 8.78 Å². The molecule has 2 heteroatoms. The van der Waals surface area contributed by atoms with Gasteiger partial charge in [-0.1, -0.05) is 45.4 Å². The zero-order chi connectivity index (χ0) is 12.6. The Morgan fingerprint density at radius 2 is 1.75 bits per heavy atom. The average molecular weight is 230 g/mol. The summed E-state index contributed by atoms with van der Waals surface area (Å²) in [5, 5.41) is 0. The SMILES string of the molecule is CC(C)/C=C/C(F)F.CC(C)C1=CCCC1. The first kappa shape index (κ1) is 15.3. The summed E-state index contributed by atoms with van der Waals surface area (Å²) in [6, 6.07) is 0. The minimum atomic E-state index is -2.29. The molecule has 0 radical (unpaired) electrons. The van der Waals surface area contributed by atoms with Gasteiger partial charge in [0.2, 0.25) is 0 Å². The lowest BCUT2D eigenvalue weighted by molar-refractivity contribution is 0.203. The minimum absolute atomic E-state index is 0.226. The zero-order valence-electron chi connectivity index (χ0n) is 10.8. The highest BCUT2D eigenvalue weighted by Gasteiger charge is 2.06. The first-order valence-corrected chi connectivity index (χ1v) is 6.08. The standard InChI is InChI=1S/C8H14.C6H10F2/c1-7(2)8-5-3-4-6-8;1-5(2)3-4-6(7)8/h5,7H,3-4,6H2,1-2H3;3-6H,1-2H3/b;4-3+. The summed E-state index contributed by atoms with van der Waals surface area (Å²) in [5.74, 6) is 1.03. The van der Waals surface area contributed by atoms with Crippen LogP contribution in [-0.2, 0) is 0 Å². The van der Waals surface area contributed by atoms with Crippen molar-refractivity contribution in [2.75, 3.05) is 0 Å². The quantitative estimate of drug-likeness (QED) is 0.583. The Morgan fingerprint density at radius 1 is 1.12 bits per heavy atom. The summed E-state index contributed by atoms with van der Waals surface area (Å²) in [6.07, 6.45) is 6.58. The van der Waals surface area contributed by atoms with Gasteiger partial charge in [0.1, 0.15) is 0 Å². The van der Waals surface area contributed by atoms with Gasteiger partial charge in [-0.25, -0.2) is 8.78 Å². The van der Waals surface area contributed by atoms with Crippen LogP contribution in [0.15, 0.2) is 23.8 Å². The van der Waals surface area contributed by atoms with E-state index in [1.54, 1.807) is 5.57 Å². The lowest BCUT2D eigenvalue weighted by Gasteiger charge is -2.02. The van der Waals surface area contributed by atoms with E-state index in [0.29, 0.717) is 0 Å². The molecule has 1 aliphatic rings. The van der Waals surface area contributed by atoms with Crippen molar-refractivity contribution in [2.24, 2.45) is 11.8 Å². The van der Waals surface area contributed by atoms with Crippen LogP contribution in [-0.4, -0.2) is 6.43 Å². The van der Waals surface area contributed by atoms with Gasteiger partial charge in [0.15, 0.2) is 0 Å². The van der Waals surface area contributed by atoms with Crippen molar-refractivity contribution in [3.63, 3.8) is 0 Å². The summed E-state index contributed by atoms with van der Waals surface area (Å²) in [7, 11) is 0. The predicted octanol–water partition coefficient (Wildman–Crippen LogP) is 5.22. The summed E-state index contributed by atoms with van der Waals surface area (Å²) in [6.45, 7) is 8.27. The summed E-state index contributed by atoms with van der Waals surface area (Å²) < 4.78 is 22.6. The lowest BCUT2D eigenvalue weighted by Crippen LogP contribution is -1.87. The second-order valence-electron chi connectivity index (χ2n) is 4.79. The van der Waals surface area contributed by atoms with E-state index >= 15 is 0 Å². The van der Waals surface area contributed by atoms with Gasteiger partial charge >= 0.3 is 0 Å². The first-order valence-electron chi connectivity index (χ1n) is 6.08. The van der Waals surface area contributed by atoms with E-state index in [1.165, 1.54) is 25.3 Å². The first-order chi connectivity index (χ1) is 7.43. The normalized spacial score (nSPS) is 15.9. The molecule has 0 saturated heterocycles. The largest absolute Gasteiger partial charge is 0.257 e. The van der Waals surface area contributed by atoms with Crippen LogP contribution >= 0.6 is 0 Å². The summed E-state index contributed by atoms with van der Waals surface area (Å²) >= 11 is 0. The maximum atomic E-state index is 11.3. The van der Waals surface area contributed by atoms with Crippen molar-refractivity contribution in [2.45, 2.75) is 53.4 Å². The fourth-order valence-corrected chi connectivity index (χ4v) is 1.53. The van der Waals surface area contributed by atoms with Crippen molar-refractivity contribution in [3.05, 3.63) is 23.8 Å². The van der Waals surface area contributed by atoms with Crippen LogP contribution in [0.1, 0.15) is 47.0 Å². The Balaban J connectivity index is 0.000000281. The van der Waals surface area contributed by atoms with Crippen molar-refractivity contribution in [3.8, 4) is 0 Å². The van der Waals surface area contributed by atoms with Crippen LogP contribution in [0.3, 0.4) is 0 Å². The molecule has 0 aromatic rings. The van der Waals surface area contributed by atoms with E-state index in [1.807, 2.05) is 13.8 Å². The molecule has 0 heterocycles. The Hall–Kier alpha value is -0.660. The highest BCUT2D eigenvalue weighted by Crippen LogP contribution is 2.23. The molecule has 0 saturated carbocycles. The fraction of sp³-hybridized carbons (Fsp3) is 0.714. The van der Waals surface area contributed by atoms with Crippen LogP contribution in [0, 0.1) is 11.8 Å². The number of halogens is 2. The molecule has 0 aromatic carbocycles. The van der Waals surface area contributed by atoms with Gasteiger partial charge in [0.25, 0.3) is 6.43 Å². The third-order valence-electron chi connectivity index (χ3n) is 2.46. The van der Waals surface area contributed by atoms with Crippen molar-refractivity contribution in [1.29, 1.82) is 0 Å². The van der Waals surface area contributed by atoms with Gasteiger partial charge < -0.3 is 0 Å². The highest BCUT2D eigenvalue weighted by atomic mass is 19.3. The maximum absolute atomic E-state index is 11.3. The Morgan fingerprint density at radius 3 is 1.94 bits per heavy atom. The topological polar surface area (TPSA) is 0 Å². The maximum Gasteiger partial charge on any atom is 0.257 e. The van der Waals surface area contributed by atoms with Gasteiger partial charge in [0, 0.05) is 0 Å². The molecule has 0 aliphatic heterocycles. The van der Waals surface area contributed by atoms with Gasteiger partial charge in [-0.05, 0) is 37.2 Å². The number of hydrogen-bond donors (Lipinski definition) is 0. The number of hydrogen-bond acceptors (Lipinski definition) is 0. The van der Waals surface area contributed by atoms with Crippen LogP contribution in [0.4, 0.5) is 8.78 Å². The van der Waals surface area contributed by atoms with Gasteiger partial charge in [-0.3, -0.25) is 0 Å². The molecule has 16 heavy (non-hydrogen) atoms. The molecule has 1 rings (SSSR count). The monoisotopic (exact) mass is 230 g/mol. The molecule has 0 nitrogen and oxygen atoms in total. The van der Waals surface area contributed by atoms with Gasteiger partial charge in [-0.15, -0.1) is 0 Å². The smallest absolute Gasteiger partial charge is 0.206 e. The minimum Gasteiger partial charge on any atom is -0.206 e. The highest BCUT2D eigenvalue weighted by molar-refractivity contribution is 5.09. The Kier molecular flexibility index (Phi) is 8.14. The van der Waals surface area contributed by atoms with Crippen LogP contribution in [0.5, 0.6) is 0 Å². The third kappa shape index (κ3) is 8.63. The Bertz CT molecular complexity index is 215. The molecule has 0 fully saturated rings. The van der Waals surface area contributed by atoms with E-state index in [4.69, 9.17) is 0 Å². The fourth-order valence-electron chi connectivity index (χ4n) is 1.53. The second-order valence-corrected chi connectivity index (χ2v) is 4.79. The molecule has 0 N–H and O–H groups in total. The van der Waals surface area contributed by atoms with E-state index in [0.717, 1.165) is 12.0 Å². The molecule has 1 aliphatic carbocycles. The number of rotatable bonds is 3. The van der Waals surface area contributed by atoms with Crippen LogP contribution in [0.2, 0.25) is 0 Å². The molecular formula is C14H24F2. The van der Waals surface area contributed by atoms with Crippen molar-refractivity contribution < 1.29 is 8.78 Å². The van der Waals surface area contributed by atoms with Crippen LogP contribution in [0.25, 0.3) is 0 Å². The van der Waals surface area contributed by atoms with Gasteiger partial charge in [0.05, 0.1) is 0 Å². The zero-order valence-corrected chi connectivity index (χ0v) is 10.8. The van der Waals surface area contributed by atoms with Gasteiger partial charge in [-0.2, -0.15) is 0 Å². The average Bonchev–Trinajstić information content (AvgIpc) is 2.68. The molecule has 0 aromatic heterocycles. The summed E-state index contributed by atoms with van der Waals surface area (Å²) in [5.41, 5.74) is 1.67. The molecule has 0 unspecified atom stereocenters. The van der Waals surface area contributed by atoms with E-state index < -0.39 is 6.43 Å². The molecule has 0 bridgehead atoms. The summed E-state index contributed by atoms with van der Waals surface area (Å²) in [4.78, 5) is 0. The van der Waals surface area contributed by atoms with Crippen molar-refractivity contribution >= 4 is 0 Å². The second kappa shape index (κ2) is 8.49. The third-order valence-corrected chi connectivity index (χ3v) is 2.46. The molecule has 94 valence electrons. The van der Waals surface area contributed by atoms with Crippen LogP contribution < -0.4 is 0 Å². The molecule has 0 spiro atoms. The predicted molar refractivity (Wildman–Crippen MR) is 66.8 cm³/mol. The number of allylic oxidation sites excluding steroid dienone is 4. The molecule has 0 atom stereocenters. The lowest BCUT2D eigenvalue weighted by atomic mass is 10.0. The number of alkyl halides is 2. The molecule has 0 amide bonds. The van der Waals surface area contributed by atoms with E-state index in [2.05, 4.69) is 19.9 Å².